The standard InChI is InChI=1S/C22H24N2O/c1-4-25-22-12-10-21(11-13-22)24-17(2)14-20(18(24)3)16-23-15-19-8-6-5-7-9-19/h5-14,16H,4,15H2,1-3H3. The summed E-state index contributed by atoms with van der Waals surface area (Å²) >= 11 is 0. The van der Waals surface area contributed by atoms with E-state index in [1.807, 2.05) is 43.5 Å². The monoisotopic (exact) mass is 332 g/mol. The number of hydrogen-bond acceptors (Lipinski definition) is 2. The summed E-state index contributed by atoms with van der Waals surface area (Å²) in [5.41, 5.74) is 5.91. The van der Waals surface area contributed by atoms with E-state index in [1.165, 1.54) is 17.0 Å². The van der Waals surface area contributed by atoms with Crippen LogP contribution in [0.25, 0.3) is 5.69 Å². The molecule has 3 heteroatoms. The molecule has 3 rings (SSSR count). The molecule has 3 nitrogen and oxygen atoms in total. The van der Waals surface area contributed by atoms with E-state index >= 15 is 0 Å². The van der Waals surface area contributed by atoms with Crippen LogP contribution in [0.2, 0.25) is 0 Å². The predicted molar refractivity (Wildman–Crippen MR) is 104 cm³/mol. The zero-order valence-electron chi connectivity index (χ0n) is 15.1. The first-order valence-electron chi connectivity index (χ1n) is 8.65. The van der Waals surface area contributed by atoms with E-state index in [-0.39, 0.29) is 0 Å². The molecule has 0 spiro atoms. The number of aliphatic imine (C=N–C) groups is 1. The molecule has 0 aliphatic heterocycles. The van der Waals surface area contributed by atoms with Crippen molar-refractivity contribution in [2.45, 2.75) is 27.3 Å². The van der Waals surface area contributed by atoms with E-state index in [0.29, 0.717) is 13.2 Å². The minimum Gasteiger partial charge on any atom is -0.494 e. The largest absolute Gasteiger partial charge is 0.494 e. The summed E-state index contributed by atoms with van der Waals surface area (Å²) in [4.78, 5) is 4.60. The fourth-order valence-electron chi connectivity index (χ4n) is 3.01. The third kappa shape index (κ3) is 4.00. The Morgan fingerprint density at radius 2 is 1.72 bits per heavy atom. The van der Waals surface area contributed by atoms with E-state index in [0.717, 1.165) is 17.0 Å². The summed E-state index contributed by atoms with van der Waals surface area (Å²) < 4.78 is 7.78. The number of hydrogen-bond donors (Lipinski definition) is 0. The molecule has 0 unspecified atom stereocenters. The van der Waals surface area contributed by atoms with Gasteiger partial charge in [0, 0.05) is 28.9 Å². The number of aryl methyl sites for hydroxylation is 1. The van der Waals surface area contributed by atoms with Gasteiger partial charge in [0.1, 0.15) is 5.75 Å². The van der Waals surface area contributed by atoms with E-state index in [9.17, 15) is 0 Å². The average molecular weight is 332 g/mol. The highest BCUT2D eigenvalue weighted by atomic mass is 16.5. The van der Waals surface area contributed by atoms with E-state index in [1.54, 1.807) is 0 Å². The normalized spacial score (nSPS) is 11.2. The van der Waals surface area contributed by atoms with Crippen molar-refractivity contribution in [3.05, 3.63) is 83.2 Å². The second-order valence-electron chi connectivity index (χ2n) is 6.04. The van der Waals surface area contributed by atoms with Gasteiger partial charge in [-0.2, -0.15) is 0 Å². The molecule has 1 heterocycles. The maximum absolute atomic E-state index is 5.53. The van der Waals surface area contributed by atoms with Crippen LogP contribution in [-0.2, 0) is 6.54 Å². The SMILES string of the molecule is CCOc1ccc(-n2c(C)cc(C=NCc3ccccc3)c2C)cc1. The maximum atomic E-state index is 5.53. The second-order valence-corrected chi connectivity index (χ2v) is 6.04. The van der Waals surface area contributed by atoms with Crippen LogP contribution >= 0.6 is 0 Å². The molecule has 0 amide bonds. The van der Waals surface area contributed by atoms with Gasteiger partial charge >= 0.3 is 0 Å². The minimum absolute atomic E-state index is 0.683. The molecule has 0 saturated carbocycles. The first-order chi connectivity index (χ1) is 12.2. The minimum atomic E-state index is 0.683. The second kappa shape index (κ2) is 7.84. The smallest absolute Gasteiger partial charge is 0.119 e. The number of ether oxygens (including phenoxy) is 1. The Hall–Kier alpha value is -2.81. The Kier molecular flexibility index (Phi) is 5.34. The quantitative estimate of drug-likeness (QED) is 0.576. The fraction of sp³-hybridized carbons (Fsp3) is 0.227. The summed E-state index contributed by atoms with van der Waals surface area (Å²) in [7, 11) is 0. The average Bonchev–Trinajstić information content (AvgIpc) is 2.91. The lowest BCUT2D eigenvalue weighted by Crippen LogP contribution is -2.00. The van der Waals surface area contributed by atoms with E-state index in [2.05, 4.69) is 53.7 Å². The number of benzene rings is 2. The van der Waals surface area contributed by atoms with Gasteiger partial charge < -0.3 is 9.30 Å². The highest BCUT2D eigenvalue weighted by Crippen LogP contribution is 2.22. The van der Waals surface area contributed by atoms with Gasteiger partial charge in [-0.25, -0.2) is 0 Å². The zero-order chi connectivity index (χ0) is 17.6. The molecule has 0 atom stereocenters. The molecule has 128 valence electrons. The highest BCUT2D eigenvalue weighted by molar-refractivity contribution is 5.82. The van der Waals surface area contributed by atoms with Gasteiger partial charge in [0.25, 0.3) is 0 Å². The molecule has 0 aliphatic rings. The van der Waals surface area contributed by atoms with Crippen molar-refractivity contribution < 1.29 is 4.74 Å². The third-order valence-corrected chi connectivity index (χ3v) is 4.22. The molecule has 3 aromatic rings. The Balaban J connectivity index is 1.80. The molecule has 0 fully saturated rings. The van der Waals surface area contributed by atoms with Crippen molar-refractivity contribution in [2.75, 3.05) is 6.61 Å². The maximum Gasteiger partial charge on any atom is 0.119 e. The van der Waals surface area contributed by atoms with Crippen LogP contribution in [0, 0.1) is 13.8 Å². The molecular formula is C22H24N2O. The van der Waals surface area contributed by atoms with Crippen molar-refractivity contribution in [3.8, 4) is 11.4 Å². The molecule has 1 aromatic heterocycles. The van der Waals surface area contributed by atoms with Crippen LogP contribution in [0.15, 0.2) is 65.7 Å². The molecule has 25 heavy (non-hydrogen) atoms. The van der Waals surface area contributed by atoms with Gasteiger partial charge in [-0.1, -0.05) is 30.3 Å². The number of nitrogens with zero attached hydrogens (tertiary/aromatic N) is 2. The van der Waals surface area contributed by atoms with Crippen LogP contribution in [0.1, 0.15) is 29.4 Å². The van der Waals surface area contributed by atoms with Crippen molar-refractivity contribution in [2.24, 2.45) is 4.99 Å². The first kappa shape index (κ1) is 17.0. The molecule has 0 bridgehead atoms. The Morgan fingerprint density at radius 1 is 1.00 bits per heavy atom. The van der Waals surface area contributed by atoms with Crippen molar-refractivity contribution >= 4 is 6.21 Å². The molecule has 0 aliphatic carbocycles. The summed E-state index contributed by atoms with van der Waals surface area (Å²) in [5, 5.41) is 0. The fourth-order valence-corrected chi connectivity index (χ4v) is 3.01. The van der Waals surface area contributed by atoms with Crippen molar-refractivity contribution in [1.29, 1.82) is 0 Å². The van der Waals surface area contributed by atoms with Crippen LogP contribution in [-0.4, -0.2) is 17.4 Å². The van der Waals surface area contributed by atoms with Crippen LogP contribution in [0.4, 0.5) is 0 Å². The number of rotatable bonds is 6. The highest BCUT2D eigenvalue weighted by Gasteiger charge is 2.09. The summed E-state index contributed by atoms with van der Waals surface area (Å²) in [6.07, 6.45) is 1.97. The molecular weight excluding hydrogens is 308 g/mol. The first-order valence-corrected chi connectivity index (χ1v) is 8.65. The van der Waals surface area contributed by atoms with Crippen molar-refractivity contribution in [3.63, 3.8) is 0 Å². The van der Waals surface area contributed by atoms with E-state index in [4.69, 9.17) is 4.74 Å². The van der Waals surface area contributed by atoms with Crippen molar-refractivity contribution in [1.82, 2.24) is 4.57 Å². The summed E-state index contributed by atoms with van der Waals surface area (Å²) in [5.74, 6) is 0.901. The van der Waals surface area contributed by atoms with Gasteiger partial charge in [0.2, 0.25) is 0 Å². The van der Waals surface area contributed by atoms with Crippen LogP contribution < -0.4 is 4.74 Å². The lowest BCUT2D eigenvalue weighted by atomic mass is 10.2. The van der Waals surface area contributed by atoms with Gasteiger partial charge in [-0.05, 0) is 56.7 Å². The van der Waals surface area contributed by atoms with Gasteiger partial charge in [0.15, 0.2) is 0 Å². The Labute approximate surface area is 149 Å². The summed E-state index contributed by atoms with van der Waals surface area (Å²) in [6.45, 7) is 7.64. The zero-order valence-corrected chi connectivity index (χ0v) is 15.1. The van der Waals surface area contributed by atoms with Crippen LogP contribution in [0.3, 0.4) is 0 Å². The molecule has 0 radical (unpaired) electrons. The Bertz CT molecular complexity index is 846. The van der Waals surface area contributed by atoms with Crippen LogP contribution in [0.5, 0.6) is 5.75 Å². The van der Waals surface area contributed by atoms with Gasteiger partial charge in [0.05, 0.1) is 13.2 Å². The topological polar surface area (TPSA) is 26.5 Å². The lowest BCUT2D eigenvalue weighted by Gasteiger charge is -2.10. The number of aromatic nitrogens is 1. The third-order valence-electron chi connectivity index (χ3n) is 4.22. The molecule has 2 aromatic carbocycles. The predicted octanol–water partition coefficient (Wildman–Crippen LogP) is 5.11. The van der Waals surface area contributed by atoms with Gasteiger partial charge in [-0.3, -0.25) is 4.99 Å². The molecule has 0 saturated heterocycles. The molecule has 0 N–H and O–H groups in total. The Morgan fingerprint density at radius 3 is 2.40 bits per heavy atom. The summed E-state index contributed by atoms with van der Waals surface area (Å²) in [6, 6.07) is 20.7. The van der Waals surface area contributed by atoms with Gasteiger partial charge in [-0.15, -0.1) is 0 Å². The van der Waals surface area contributed by atoms with E-state index < -0.39 is 0 Å². The lowest BCUT2D eigenvalue weighted by molar-refractivity contribution is 0.340.